The summed E-state index contributed by atoms with van der Waals surface area (Å²) >= 11 is 0. The lowest BCUT2D eigenvalue weighted by molar-refractivity contribution is -0.249. The molecule has 62 heavy (non-hydrogen) atoms. The summed E-state index contributed by atoms with van der Waals surface area (Å²) in [6.45, 7) is 28.3. The molecule has 3 N–H and O–H groups in total. The number of ether oxygens (including phenoxy) is 1. The van der Waals surface area contributed by atoms with E-state index < -0.39 is 11.4 Å². The lowest BCUT2D eigenvalue weighted by atomic mass is 9.32. The average Bonchev–Trinajstić information content (AvgIpc) is 3.84. The zero-order valence-corrected chi connectivity index (χ0v) is 41.1. The van der Waals surface area contributed by atoms with Gasteiger partial charge in [-0.3, -0.25) is 14.4 Å². The smallest absolute Gasteiger partial charge is 0.306 e. The first-order valence-electron chi connectivity index (χ1n) is 25.4. The van der Waals surface area contributed by atoms with Gasteiger partial charge in [0, 0.05) is 17.3 Å². The number of aliphatic carboxylic acids is 1. The van der Waals surface area contributed by atoms with Gasteiger partial charge in [0.2, 0.25) is 0 Å². The van der Waals surface area contributed by atoms with Crippen LogP contribution in [-0.2, 0) is 25.5 Å². The zero-order chi connectivity index (χ0) is 45.5. The Morgan fingerprint density at radius 1 is 0.823 bits per heavy atom. The van der Waals surface area contributed by atoms with E-state index >= 15 is 0 Å². The monoisotopic (exact) mass is 856 g/mol. The Bertz CT molecular complexity index is 1750. The van der Waals surface area contributed by atoms with Gasteiger partial charge in [-0.1, -0.05) is 118 Å². The van der Waals surface area contributed by atoms with Crippen LogP contribution in [0.3, 0.4) is 0 Å². The molecule has 6 saturated carbocycles. The Labute approximate surface area is 378 Å². The number of carbonyl (C=O) groups is 3. The number of rotatable bonds is 14. The summed E-state index contributed by atoms with van der Waals surface area (Å²) in [4.78, 5) is 39.3. The Balaban J connectivity index is 0.000000462. The van der Waals surface area contributed by atoms with Gasteiger partial charge in [-0.2, -0.15) is 0 Å². The molecule has 6 aliphatic carbocycles. The van der Waals surface area contributed by atoms with Gasteiger partial charge in [0.1, 0.15) is 11.9 Å². The second-order valence-corrected chi connectivity index (χ2v) is 24.4. The van der Waals surface area contributed by atoms with E-state index in [1.807, 2.05) is 13.8 Å². The Hall–Kier alpha value is -2.47. The third-order valence-electron chi connectivity index (χ3n) is 20.1. The van der Waals surface area contributed by atoms with E-state index in [0.717, 1.165) is 76.7 Å². The van der Waals surface area contributed by atoms with Crippen LogP contribution in [-0.4, -0.2) is 35.5 Å². The summed E-state index contributed by atoms with van der Waals surface area (Å²) < 4.78 is 6.28. The Kier molecular flexibility index (Phi) is 14.8. The lowest BCUT2D eigenvalue weighted by Crippen LogP contribution is -2.67. The van der Waals surface area contributed by atoms with Gasteiger partial charge in [-0.15, -0.1) is 0 Å². The number of Topliss-reactive ketones (excluding diaryl/α,β-unsaturated/α-hetero) is 1. The highest BCUT2D eigenvalue weighted by atomic mass is 16.5. The van der Waals surface area contributed by atoms with E-state index in [2.05, 4.69) is 92.3 Å². The van der Waals surface area contributed by atoms with Crippen molar-refractivity contribution in [2.75, 3.05) is 6.54 Å². The number of carbonyl (C=O) groups excluding carboxylic acids is 2. The molecule has 0 aliphatic heterocycles. The maximum atomic E-state index is 14.7. The van der Waals surface area contributed by atoms with Crippen LogP contribution < -0.4 is 5.73 Å². The zero-order valence-electron chi connectivity index (χ0n) is 41.1. The number of allylic oxidation sites excluding steroid dienone is 1. The minimum atomic E-state index is -0.881. The average molecular weight is 856 g/mol. The van der Waals surface area contributed by atoms with Crippen molar-refractivity contribution in [3.63, 3.8) is 0 Å². The summed E-state index contributed by atoms with van der Waals surface area (Å²) in [6.07, 6.45) is 19.1. The van der Waals surface area contributed by atoms with Crippen LogP contribution in [0.5, 0.6) is 0 Å². The molecule has 0 spiro atoms. The highest BCUT2D eigenvalue weighted by molar-refractivity contribution is 5.86. The number of benzene rings is 1. The third kappa shape index (κ3) is 9.18. The molecule has 1 aromatic carbocycles. The maximum Gasteiger partial charge on any atom is 0.306 e. The summed E-state index contributed by atoms with van der Waals surface area (Å²) in [5.74, 6) is 3.88. The van der Waals surface area contributed by atoms with Gasteiger partial charge < -0.3 is 15.6 Å². The number of esters is 1. The number of carboxylic acids is 1. The SMILES string of the molecule is C=C(C)[C@@H]1CC[C@]2(C(=O)C[C@@H]3CCC(CN)C3)CC[C@]3(C)[C@H](CC[C@@H]4[C@@]5(C)CC[C@H](OC(=O)CC(C)(C)CC(=O)O)C(C)(C)[C@@H]5CC[C@]43C)[C@@H]12.CCC(CC)Cc1ccccc1. The second-order valence-electron chi connectivity index (χ2n) is 24.4. The molecule has 0 aromatic heterocycles. The normalized spacial score (nSPS) is 38.4. The van der Waals surface area contributed by atoms with Crippen molar-refractivity contribution in [3.05, 3.63) is 48.0 Å². The molecule has 0 bridgehead atoms. The molecule has 0 radical (unpaired) electrons. The lowest BCUT2D eigenvalue weighted by Gasteiger charge is -2.73. The van der Waals surface area contributed by atoms with Crippen molar-refractivity contribution in [1.29, 1.82) is 0 Å². The highest BCUT2D eigenvalue weighted by Gasteiger charge is 2.72. The van der Waals surface area contributed by atoms with Gasteiger partial charge in [0.25, 0.3) is 0 Å². The fourth-order valence-corrected chi connectivity index (χ4v) is 16.4. The minimum absolute atomic E-state index is 0.0458. The first-order valence-corrected chi connectivity index (χ1v) is 25.4. The molecule has 6 fully saturated rings. The molecule has 0 heterocycles. The molecule has 0 amide bonds. The Morgan fingerprint density at radius 3 is 2.11 bits per heavy atom. The van der Waals surface area contributed by atoms with Crippen molar-refractivity contribution in [2.45, 2.75) is 197 Å². The number of fused-ring (bicyclic) bond motifs is 7. The third-order valence-corrected chi connectivity index (χ3v) is 20.1. The minimum Gasteiger partial charge on any atom is -0.481 e. The molecular weight excluding hydrogens is 767 g/mol. The van der Waals surface area contributed by atoms with Crippen molar-refractivity contribution >= 4 is 17.7 Å². The molecule has 348 valence electrons. The number of ketones is 1. The molecule has 7 rings (SSSR count). The fraction of sp³-hybridized carbons (Fsp3) is 0.804. The van der Waals surface area contributed by atoms with Crippen LogP contribution in [0, 0.1) is 79.8 Å². The van der Waals surface area contributed by atoms with Crippen molar-refractivity contribution in [1.82, 2.24) is 0 Å². The van der Waals surface area contributed by atoms with Crippen LogP contribution in [0.15, 0.2) is 42.5 Å². The molecule has 6 aliphatic rings. The molecule has 0 saturated heterocycles. The van der Waals surface area contributed by atoms with Crippen molar-refractivity contribution < 1.29 is 24.2 Å². The van der Waals surface area contributed by atoms with E-state index in [0.29, 0.717) is 47.2 Å². The second kappa shape index (κ2) is 18.8. The standard InChI is InChI=1S/C44H71NO5.C12H18/c1-27(2)30-14-19-44(34(46)23-28-10-11-29(22-28)26-45)21-20-42(8)31(38(30)44)12-13-33-41(7)17-16-35(40(5,6)32(41)15-18-43(33,42)9)50-37(49)25-39(3,4)24-36(47)48;1-3-11(4-2)10-12-8-6-5-7-9-12/h28-33,35,38H,1,10-26,45H2,2-9H3,(H,47,48);5-9,11H,3-4,10H2,1-2H3/t28-,29?,30+,31-,32+,33-,35+,38-,41+,42-,43-,44-;/m1./s1. The molecule has 6 heteroatoms. The summed E-state index contributed by atoms with van der Waals surface area (Å²) in [5, 5.41) is 9.34. The first kappa shape index (κ1) is 49.0. The van der Waals surface area contributed by atoms with Gasteiger partial charge in [-0.05, 0) is 178 Å². The van der Waals surface area contributed by atoms with Crippen LogP contribution in [0.25, 0.3) is 0 Å². The molecule has 12 atom stereocenters. The predicted octanol–water partition coefficient (Wildman–Crippen LogP) is 13.4. The fourth-order valence-electron chi connectivity index (χ4n) is 16.4. The Morgan fingerprint density at radius 2 is 1.50 bits per heavy atom. The number of hydrogen-bond acceptors (Lipinski definition) is 5. The molecule has 1 aromatic rings. The van der Waals surface area contributed by atoms with E-state index in [4.69, 9.17) is 10.5 Å². The van der Waals surface area contributed by atoms with Gasteiger partial charge >= 0.3 is 11.9 Å². The van der Waals surface area contributed by atoms with Gasteiger partial charge in [-0.25, -0.2) is 0 Å². The molecular formula is C56H89NO5. The van der Waals surface area contributed by atoms with E-state index in [9.17, 15) is 19.5 Å². The van der Waals surface area contributed by atoms with E-state index in [1.165, 1.54) is 56.1 Å². The quantitative estimate of drug-likeness (QED) is 0.143. The molecule has 6 nitrogen and oxygen atoms in total. The van der Waals surface area contributed by atoms with Crippen molar-refractivity contribution in [2.24, 2.45) is 85.6 Å². The van der Waals surface area contributed by atoms with Crippen LogP contribution in [0.2, 0.25) is 0 Å². The predicted molar refractivity (Wildman–Crippen MR) is 253 cm³/mol. The van der Waals surface area contributed by atoms with E-state index in [1.54, 1.807) is 0 Å². The highest BCUT2D eigenvalue weighted by Crippen LogP contribution is 2.78. The van der Waals surface area contributed by atoms with Gasteiger partial charge in [0.15, 0.2) is 0 Å². The van der Waals surface area contributed by atoms with E-state index in [-0.39, 0.29) is 52.0 Å². The topological polar surface area (TPSA) is 107 Å². The van der Waals surface area contributed by atoms with Gasteiger partial charge in [0.05, 0.1) is 12.8 Å². The number of hydrogen-bond donors (Lipinski definition) is 2. The summed E-state index contributed by atoms with van der Waals surface area (Å²) in [7, 11) is 0. The molecule has 1 unspecified atom stereocenters. The number of carboxylic acid groups (broad SMARTS) is 1. The van der Waals surface area contributed by atoms with Crippen LogP contribution >= 0.6 is 0 Å². The van der Waals surface area contributed by atoms with Crippen LogP contribution in [0.4, 0.5) is 0 Å². The maximum absolute atomic E-state index is 14.7. The van der Waals surface area contributed by atoms with Crippen LogP contribution in [0.1, 0.15) is 190 Å². The summed E-state index contributed by atoms with van der Waals surface area (Å²) in [6, 6.07) is 10.8. The largest absolute Gasteiger partial charge is 0.481 e. The van der Waals surface area contributed by atoms with Crippen molar-refractivity contribution in [3.8, 4) is 0 Å². The first-order chi connectivity index (χ1) is 29.1. The number of nitrogens with two attached hydrogens (primary N) is 1. The summed E-state index contributed by atoms with van der Waals surface area (Å²) in [5.41, 5.74) is 8.38.